The Morgan fingerprint density at radius 1 is 1.27 bits per heavy atom. The number of hydrogen-bond donors (Lipinski definition) is 1. The van der Waals surface area contributed by atoms with E-state index in [0.717, 1.165) is 0 Å². The number of methoxy groups -OCH3 is 2. The van der Waals surface area contributed by atoms with Gasteiger partial charge in [0.1, 0.15) is 5.41 Å². The zero-order chi connectivity index (χ0) is 19.3. The number of carbonyl (C=O) groups is 2. The van der Waals surface area contributed by atoms with Gasteiger partial charge in [0.15, 0.2) is 11.5 Å². The molecule has 1 N–H and O–H groups in total. The number of carboxylic acids is 1. The van der Waals surface area contributed by atoms with Gasteiger partial charge in [-0.1, -0.05) is 13.8 Å². The van der Waals surface area contributed by atoms with Crippen molar-refractivity contribution in [2.75, 3.05) is 40.5 Å². The summed E-state index contributed by atoms with van der Waals surface area (Å²) in [4.78, 5) is 26.0. The number of carboxylic acid groups (broad SMARTS) is 1. The van der Waals surface area contributed by atoms with Gasteiger partial charge in [-0.2, -0.15) is 0 Å². The summed E-state index contributed by atoms with van der Waals surface area (Å²) < 4.78 is 16.1. The smallest absolute Gasteiger partial charge is 0.313 e. The number of amides is 1. The predicted octanol–water partition coefficient (Wildman–Crippen LogP) is 2.29. The summed E-state index contributed by atoms with van der Waals surface area (Å²) in [6.07, 6.45) is 0.370. The minimum absolute atomic E-state index is 0.0808. The molecule has 1 atom stereocenters. The van der Waals surface area contributed by atoms with Crippen LogP contribution in [-0.2, 0) is 9.53 Å². The van der Waals surface area contributed by atoms with Gasteiger partial charge in [-0.15, -0.1) is 0 Å². The summed E-state index contributed by atoms with van der Waals surface area (Å²) in [5.74, 6) is 0.272. The van der Waals surface area contributed by atoms with E-state index in [9.17, 15) is 14.7 Å². The van der Waals surface area contributed by atoms with Crippen LogP contribution in [0.4, 0.5) is 0 Å². The van der Waals surface area contributed by atoms with Gasteiger partial charge < -0.3 is 24.2 Å². The molecule has 0 spiro atoms. The summed E-state index contributed by atoms with van der Waals surface area (Å²) in [6.45, 7) is 5.23. The first-order valence-corrected chi connectivity index (χ1v) is 8.65. The van der Waals surface area contributed by atoms with Crippen molar-refractivity contribution in [1.29, 1.82) is 0 Å². The lowest BCUT2D eigenvalue weighted by Gasteiger charge is -2.24. The van der Waals surface area contributed by atoms with Crippen LogP contribution in [0.2, 0.25) is 0 Å². The molecule has 26 heavy (non-hydrogen) atoms. The Hall–Kier alpha value is -2.28. The van der Waals surface area contributed by atoms with Crippen LogP contribution in [0.25, 0.3) is 0 Å². The van der Waals surface area contributed by atoms with Crippen molar-refractivity contribution < 1.29 is 28.9 Å². The molecule has 1 aromatic carbocycles. The molecule has 1 aliphatic rings. The van der Waals surface area contributed by atoms with Crippen molar-refractivity contribution in [2.45, 2.75) is 20.3 Å². The van der Waals surface area contributed by atoms with Crippen molar-refractivity contribution >= 4 is 11.9 Å². The number of likely N-dealkylation sites (tertiary alicyclic amines) is 1. The molecule has 0 bridgehead atoms. The molecule has 1 heterocycles. The lowest BCUT2D eigenvalue weighted by Crippen LogP contribution is -2.40. The molecule has 144 valence electrons. The standard InChI is InChI=1S/C19H27NO6/c1-13(2)10-26-15-6-5-14(9-16(15)25-4)17(21)20-8-7-19(11-20,12-24-3)18(22)23/h5-6,9,13H,7-8,10-12H2,1-4H3,(H,22,23). The number of ether oxygens (including phenoxy) is 3. The van der Waals surface area contributed by atoms with Crippen LogP contribution in [-0.4, -0.2) is 62.4 Å². The summed E-state index contributed by atoms with van der Waals surface area (Å²) in [7, 11) is 2.99. The molecule has 2 rings (SSSR count). The van der Waals surface area contributed by atoms with Crippen LogP contribution < -0.4 is 9.47 Å². The van der Waals surface area contributed by atoms with Crippen LogP contribution in [0.3, 0.4) is 0 Å². The first-order chi connectivity index (χ1) is 12.3. The second-order valence-corrected chi connectivity index (χ2v) is 7.07. The van der Waals surface area contributed by atoms with E-state index in [0.29, 0.717) is 42.6 Å². The van der Waals surface area contributed by atoms with Gasteiger partial charge >= 0.3 is 5.97 Å². The Balaban J connectivity index is 2.16. The van der Waals surface area contributed by atoms with Gasteiger partial charge in [0, 0.05) is 25.8 Å². The number of benzene rings is 1. The molecule has 1 fully saturated rings. The molecule has 1 aromatic rings. The lowest BCUT2D eigenvalue weighted by atomic mass is 9.88. The summed E-state index contributed by atoms with van der Waals surface area (Å²) >= 11 is 0. The average molecular weight is 365 g/mol. The van der Waals surface area contributed by atoms with Gasteiger partial charge in [0.05, 0.1) is 20.3 Å². The van der Waals surface area contributed by atoms with Gasteiger partial charge in [-0.05, 0) is 30.5 Å². The SMILES string of the molecule is COCC1(C(=O)O)CCN(C(=O)c2ccc(OCC(C)C)c(OC)c2)C1. The third-order valence-electron chi connectivity index (χ3n) is 4.50. The molecular weight excluding hydrogens is 338 g/mol. The number of aliphatic carboxylic acids is 1. The van der Waals surface area contributed by atoms with Crippen LogP contribution in [0, 0.1) is 11.3 Å². The number of carbonyl (C=O) groups excluding carboxylic acids is 1. The van der Waals surface area contributed by atoms with Gasteiger partial charge in [-0.25, -0.2) is 0 Å². The van der Waals surface area contributed by atoms with Crippen molar-refractivity contribution in [2.24, 2.45) is 11.3 Å². The third kappa shape index (κ3) is 4.27. The fourth-order valence-electron chi connectivity index (χ4n) is 3.04. The van der Waals surface area contributed by atoms with E-state index in [4.69, 9.17) is 14.2 Å². The molecule has 0 aliphatic carbocycles. The maximum atomic E-state index is 12.8. The van der Waals surface area contributed by atoms with Crippen LogP contribution >= 0.6 is 0 Å². The summed E-state index contributed by atoms with van der Waals surface area (Å²) in [6, 6.07) is 5.02. The highest BCUT2D eigenvalue weighted by Crippen LogP contribution is 2.34. The van der Waals surface area contributed by atoms with E-state index >= 15 is 0 Å². The Kier molecular flexibility index (Phi) is 6.47. The fraction of sp³-hybridized carbons (Fsp3) is 0.579. The zero-order valence-electron chi connectivity index (χ0n) is 15.8. The molecule has 1 saturated heterocycles. The second kappa shape index (κ2) is 8.40. The minimum Gasteiger partial charge on any atom is -0.493 e. The quantitative estimate of drug-likeness (QED) is 0.761. The van der Waals surface area contributed by atoms with E-state index in [2.05, 4.69) is 0 Å². The Morgan fingerprint density at radius 2 is 2.00 bits per heavy atom. The molecule has 1 amide bonds. The normalized spacial score (nSPS) is 19.7. The second-order valence-electron chi connectivity index (χ2n) is 7.07. The first-order valence-electron chi connectivity index (χ1n) is 8.65. The maximum absolute atomic E-state index is 12.8. The van der Waals surface area contributed by atoms with Crippen molar-refractivity contribution in [1.82, 2.24) is 4.90 Å². The highest BCUT2D eigenvalue weighted by molar-refractivity contribution is 5.95. The van der Waals surface area contributed by atoms with Crippen LogP contribution in [0.5, 0.6) is 11.5 Å². The van der Waals surface area contributed by atoms with Crippen LogP contribution in [0.1, 0.15) is 30.6 Å². The summed E-state index contributed by atoms with van der Waals surface area (Å²) in [5.41, 5.74) is -0.605. The molecule has 7 heteroatoms. The Labute approximate surface area is 153 Å². The Bertz CT molecular complexity index is 659. The number of nitrogens with zero attached hydrogens (tertiary/aromatic N) is 1. The molecule has 1 aliphatic heterocycles. The molecule has 0 aromatic heterocycles. The molecule has 0 radical (unpaired) electrons. The van der Waals surface area contributed by atoms with Gasteiger partial charge in [0.2, 0.25) is 0 Å². The van der Waals surface area contributed by atoms with Crippen molar-refractivity contribution in [3.05, 3.63) is 23.8 Å². The topological polar surface area (TPSA) is 85.3 Å². The summed E-state index contributed by atoms with van der Waals surface area (Å²) in [5, 5.41) is 9.53. The number of rotatable bonds is 8. The third-order valence-corrected chi connectivity index (χ3v) is 4.50. The zero-order valence-corrected chi connectivity index (χ0v) is 15.8. The Morgan fingerprint density at radius 3 is 2.58 bits per heavy atom. The van der Waals surface area contributed by atoms with Gasteiger partial charge in [-0.3, -0.25) is 9.59 Å². The molecular formula is C19H27NO6. The lowest BCUT2D eigenvalue weighted by molar-refractivity contribution is -0.151. The van der Waals surface area contributed by atoms with E-state index in [-0.39, 0.29) is 19.1 Å². The van der Waals surface area contributed by atoms with Gasteiger partial charge in [0.25, 0.3) is 5.91 Å². The predicted molar refractivity (Wildman–Crippen MR) is 95.8 cm³/mol. The molecule has 1 unspecified atom stereocenters. The maximum Gasteiger partial charge on any atom is 0.313 e. The minimum atomic E-state index is -1.05. The average Bonchev–Trinajstić information content (AvgIpc) is 3.05. The van der Waals surface area contributed by atoms with E-state index in [1.807, 2.05) is 13.8 Å². The number of hydrogen-bond acceptors (Lipinski definition) is 5. The highest BCUT2D eigenvalue weighted by Gasteiger charge is 2.46. The monoisotopic (exact) mass is 365 g/mol. The highest BCUT2D eigenvalue weighted by atomic mass is 16.5. The van der Waals surface area contributed by atoms with E-state index in [1.165, 1.54) is 14.2 Å². The van der Waals surface area contributed by atoms with E-state index < -0.39 is 11.4 Å². The van der Waals surface area contributed by atoms with Crippen molar-refractivity contribution in [3.63, 3.8) is 0 Å². The molecule has 0 saturated carbocycles. The fourth-order valence-corrected chi connectivity index (χ4v) is 3.04. The van der Waals surface area contributed by atoms with Crippen molar-refractivity contribution in [3.8, 4) is 11.5 Å². The van der Waals surface area contributed by atoms with E-state index in [1.54, 1.807) is 23.1 Å². The molecule has 7 nitrogen and oxygen atoms in total. The largest absolute Gasteiger partial charge is 0.493 e. The first kappa shape index (κ1) is 20.0. The van der Waals surface area contributed by atoms with Crippen LogP contribution in [0.15, 0.2) is 18.2 Å².